The highest BCUT2D eigenvalue weighted by Gasteiger charge is 2.31. The summed E-state index contributed by atoms with van der Waals surface area (Å²) in [6.07, 6.45) is 1.12. The molecule has 0 aliphatic carbocycles. The molecule has 0 aromatic heterocycles. The minimum absolute atomic E-state index is 0.376. The second kappa shape index (κ2) is 4.92. The largest absolute Gasteiger partial charge is 0.480 e. The van der Waals surface area contributed by atoms with Gasteiger partial charge in [0.05, 0.1) is 19.4 Å². The molecule has 6 nitrogen and oxygen atoms in total. The van der Waals surface area contributed by atoms with Gasteiger partial charge in [-0.2, -0.15) is 5.06 Å². The summed E-state index contributed by atoms with van der Waals surface area (Å²) in [5.41, 5.74) is 0.798. The van der Waals surface area contributed by atoms with Gasteiger partial charge in [-0.3, -0.25) is 4.79 Å². The Morgan fingerprint density at radius 2 is 2.36 bits per heavy atom. The van der Waals surface area contributed by atoms with Gasteiger partial charge in [-0.1, -0.05) is 5.16 Å². The quantitative estimate of drug-likeness (QED) is 0.657. The van der Waals surface area contributed by atoms with Crippen molar-refractivity contribution in [1.82, 2.24) is 5.06 Å². The minimum atomic E-state index is -0.872. The van der Waals surface area contributed by atoms with E-state index in [0.29, 0.717) is 19.4 Å². The highest BCUT2D eigenvalue weighted by Crippen LogP contribution is 2.15. The highest BCUT2D eigenvalue weighted by molar-refractivity contribution is 5.88. The predicted molar refractivity (Wildman–Crippen MR) is 48.8 cm³/mol. The second-order valence-electron chi connectivity index (χ2n) is 2.99. The average Bonchev–Trinajstić information content (AvgIpc) is 2.17. The van der Waals surface area contributed by atoms with E-state index in [4.69, 9.17) is 9.94 Å². The first kappa shape index (κ1) is 10.9. The summed E-state index contributed by atoms with van der Waals surface area (Å²) in [6.45, 7) is 0.376. The number of hydrogen-bond donors (Lipinski definition) is 1. The number of aliphatic carboxylic acids is 1. The molecule has 14 heavy (non-hydrogen) atoms. The fourth-order valence-electron chi connectivity index (χ4n) is 1.46. The standard InChI is InChI=1S/C8H14N2O4/c1-13-9-6-3-4-7(8(11)12)10(5-6)14-2/h7H,3-5H2,1-2H3,(H,11,12)/b9-6-/t7-/m0/s1. The Kier molecular flexibility index (Phi) is 3.84. The van der Waals surface area contributed by atoms with Crippen LogP contribution in [-0.2, 0) is 14.5 Å². The lowest BCUT2D eigenvalue weighted by atomic mass is 10.0. The van der Waals surface area contributed by atoms with E-state index in [1.807, 2.05) is 0 Å². The van der Waals surface area contributed by atoms with Crippen molar-refractivity contribution in [3.8, 4) is 0 Å². The maximum absolute atomic E-state index is 10.8. The van der Waals surface area contributed by atoms with Crippen molar-refractivity contribution in [3.05, 3.63) is 0 Å². The Balaban J connectivity index is 2.63. The summed E-state index contributed by atoms with van der Waals surface area (Å²) in [6, 6.07) is -0.587. The maximum Gasteiger partial charge on any atom is 0.323 e. The predicted octanol–water partition coefficient (Wildman–Crippen LogP) is 0.0992. The molecule has 0 bridgehead atoms. The lowest BCUT2D eigenvalue weighted by Gasteiger charge is -2.30. The lowest BCUT2D eigenvalue weighted by Crippen LogP contribution is -2.47. The normalized spacial score (nSPS) is 26.4. The van der Waals surface area contributed by atoms with Crippen molar-refractivity contribution in [1.29, 1.82) is 0 Å². The average molecular weight is 202 g/mol. The third-order valence-corrected chi connectivity index (χ3v) is 2.13. The number of hydrogen-bond acceptors (Lipinski definition) is 5. The molecule has 0 spiro atoms. The van der Waals surface area contributed by atoms with Crippen LogP contribution in [0.1, 0.15) is 12.8 Å². The van der Waals surface area contributed by atoms with Gasteiger partial charge in [0.1, 0.15) is 13.2 Å². The molecule has 0 radical (unpaired) electrons. The lowest BCUT2D eigenvalue weighted by molar-refractivity contribution is -0.182. The number of piperidine rings is 1. The summed E-state index contributed by atoms with van der Waals surface area (Å²) in [7, 11) is 2.92. The number of carboxylic acid groups (broad SMARTS) is 1. The molecule has 6 heteroatoms. The molecule has 1 N–H and O–H groups in total. The number of nitrogens with zero attached hydrogens (tertiary/aromatic N) is 2. The summed E-state index contributed by atoms with van der Waals surface area (Å²) in [5, 5.41) is 14.0. The third-order valence-electron chi connectivity index (χ3n) is 2.13. The Morgan fingerprint density at radius 3 is 2.86 bits per heavy atom. The number of hydroxylamine groups is 2. The second-order valence-corrected chi connectivity index (χ2v) is 2.99. The molecule has 1 atom stereocenters. The molecule has 0 aromatic carbocycles. The summed E-state index contributed by atoms with van der Waals surface area (Å²) in [5.74, 6) is -0.872. The van der Waals surface area contributed by atoms with E-state index in [2.05, 4.69) is 9.99 Å². The Labute approximate surface area is 82.0 Å². The maximum atomic E-state index is 10.8. The molecule has 1 heterocycles. The van der Waals surface area contributed by atoms with Gasteiger partial charge < -0.3 is 14.8 Å². The molecule has 80 valence electrons. The molecule has 0 unspecified atom stereocenters. The van der Waals surface area contributed by atoms with Gasteiger partial charge in [0.2, 0.25) is 0 Å². The van der Waals surface area contributed by atoms with Crippen LogP contribution in [0, 0.1) is 0 Å². The first-order valence-corrected chi connectivity index (χ1v) is 4.31. The zero-order valence-electron chi connectivity index (χ0n) is 8.27. The van der Waals surface area contributed by atoms with Crippen LogP contribution in [0.5, 0.6) is 0 Å². The number of rotatable bonds is 3. The van der Waals surface area contributed by atoms with Crippen LogP contribution >= 0.6 is 0 Å². The fourth-order valence-corrected chi connectivity index (χ4v) is 1.46. The van der Waals surface area contributed by atoms with E-state index in [9.17, 15) is 4.79 Å². The van der Waals surface area contributed by atoms with Crippen LogP contribution < -0.4 is 0 Å². The molecule has 1 aliphatic rings. The first-order chi connectivity index (χ1) is 6.69. The van der Waals surface area contributed by atoms with Gasteiger partial charge in [-0.25, -0.2) is 0 Å². The third kappa shape index (κ3) is 2.43. The molecular formula is C8H14N2O4. The molecule has 1 fully saturated rings. The van der Waals surface area contributed by atoms with Crippen molar-refractivity contribution in [3.63, 3.8) is 0 Å². The molecule has 0 saturated carbocycles. The summed E-state index contributed by atoms with van der Waals surface area (Å²) in [4.78, 5) is 20.4. The van der Waals surface area contributed by atoms with Gasteiger partial charge in [0.15, 0.2) is 0 Å². The smallest absolute Gasteiger partial charge is 0.323 e. The van der Waals surface area contributed by atoms with Crippen LogP contribution in [0.25, 0.3) is 0 Å². The van der Waals surface area contributed by atoms with Crippen molar-refractivity contribution in [2.45, 2.75) is 18.9 Å². The zero-order chi connectivity index (χ0) is 10.6. The Morgan fingerprint density at radius 1 is 1.64 bits per heavy atom. The highest BCUT2D eigenvalue weighted by atomic mass is 16.7. The van der Waals surface area contributed by atoms with Crippen molar-refractivity contribution in [2.24, 2.45) is 5.16 Å². The molecule has 1 aliphatic heterocycles. The van der Waals surface area contributed by atoms with E-state index >= 15 is 0 Å². The van der Waals surface area contributed by atoms with E-state index in [-0.39, 0.29) is 0 Å². The zero-order valence-corrected chi connectivity index (χ0v) is 8.27. The van der Waals surface area contributed by atoms with E-state index in [1.54, 1.807) is 0 Å². The number of carboxylic acids is 1. The summed E-state index contributed by atoms with van der Waals surface area (Å²) < 4.78 is 0. The van der Waals surface area contributed by atoms with Gasteiger partial charge in [-0.05, 0) is 12.8 Å². The summed E-state index contributed by atoms with van der Waals surface area (Å²) >= 11 is 0. The molecule has 1 rings (SSSR count). The van der Waals surface area contributed by atoms with Crippen LogP contribution in [0.15, 0.2) is 5.16 Å². The van der Waals surface area contributed by atoms with Crippen molar-refractivity contribution in [2.75, 3.05) is 20.8 Å². The SMILES string of the molecule is CO/N=C1/CC[C@@H](C(=O)O)N(OC)C1. The first-order valence-electron chi connectivity index (χ1n) is 4.31. The molecular weight excluding hydrogens is 188 g/mol. The Bertz CT molecular complexity index is 241. The van der Waals surface area contributed by atoms with Crippen LogP contribution in [0.3, 0.4) is 0 Å². The van der Waals surface area contributed by atoms with Crippen LogP contribution in [0.4, 0.5) is 0 Å². The minimum Gasteiger partial charge on any atom is -0.480 e. The fraction of sp³-hybridized carbons (Fsp3) is 0.750. The van der Waals surface area contributed by atoms with Crippen molar-refractivity contribution < 1.29 is 19.6 Å². The van der Waals surface area contributed by atoms with Gasteiger partial charge >= 0.3 is 5.97 Å². The molecule has 0 aromatic rings. The van der Waals surface area contributed by atoms with E-state index in [1.165, 1.54) is 19.3 Å². The van der Waals surface area contributed by atoms with Crippen LogP contribution in [0.2, 0.25) is 0 Å². The molecule has 1 saturated heterocycles. The van der Waals surface area contributed by atoms with Crippen molar-refractivity contribution >= 4 is 11.7 Å². The number of carbonyl (C=O) groups is 1. The van der Waals surface area contributed by atoms with E-state index in [0.717, 1.165) is 5.71 Å². The monoisotopic (exact) mass is 202 g/mol. The van der Waals surface area contributed by atoms with E-state index < -0.39 is 12.0 Å². The van der Waals surface area contributed by atoms with Gasteiger partial charge in [-0.15, -0.1) is 0 Å². The topological polar surface area (TPSA) is 71.4 Å². The number of oxime groups is 1. The van der Waals surface area contributed by atoms with Gasteiger partial charge in [0.25, 0.3) is 0 Å². The Hall–Kier alpha value is -1.14. The van der Waals surface area contributed by atoms with Gasteiger partial charge in [0, 0.05) is 0 Å². The van der Waals surface area contributed by atoms with Crippen LogP contribution in [-0.4, -0.2) is 48.7 Å². The molecule has 0 amide bonds.